The molecule has 0 saturated heterocycles. The van der Waals surface area contributed by atoms with E-state index in [1.807, 2.05) is 12.1 Å². The molecule has 0 radical (unpaired) electrons. The van der Waals surface area contributed by atoms with E-state index in [1.165, 1.54) is 17.7 Å². The molecule has 0 heterocycles. The Balaban J connectivity index is 1.60. The van der Waals surface area contributed by atoms with Gasteiger partial charge >= 0.3 is 5.97 Å². The normalized spacial score (nSPS) is 12.1. The second-order valence-electron chi connectivity index (χ2n) is 8.74. The van der Waals surface area contributed by atoms with Gasteiger partial charge in [-0.3, -0.25) is 0 Å². The van der Waals surface area contributed by atoms with Gasteiger partial charge in [-0.05, 0) is 73.4 Å². The maximum Gasteiger partial charge on any atom is 0.335 e. The third-order valence-electron chi connectivity index (χ3n) is 5.35. The molecule has 3 aromatic carbocycles. The number of β-amino-alcohol motifs (C(OH)–C–C–N with tert-alkyl or cyclic N) is 1. The van der Waals surface area contributed by atoms with E-state index in [-0.39, 0.29) is 17.7 Å². The highest BCUT2D eigenvalue weighted by atomic mass is 79.9. The summed E-state index contributed by atoms with van der Waals surface area (Å²) >= 11 is 3.49. The van der Waals surface area contributed by atoms with E-state index in [2.05, 4.69) is 53.3 Å². The fourth-order valence-electron chi connectivity index (χ4n) is 3.58. The van der Waals surface area contributed by atoms with Crippen LogP contribution in [0.4, 0.5) is 0 Å². The molecule has 0 aliphatic heterocycles. The molecule has 0 fully saturated rings. The van der Waals surface area contributed by atoms with Gasteiger partial charge in [0.2, 0.25) is 0 Å². The van der Waals surface area contributed by atoms with Crippen LogP contribution in [0, 0.1) is 11.3 Å². The number of nitrogens with one attached hydrogen (secondary N) is 1. The van der Waals surface area contributed by atoms with E-state index in [0.717, 1.165) is 22.0 Å². The van der Waals surface area contributed by atoms with Crippen molar-refractivity contribution in [3.05, 3.63) is 87.9 Å². The zero-order valence-electron chi connectivity index (χ0n) is 19.1. The van der Waals surface area contributed by atoms with Gasteiger partial charge < -0.3 is 20.3 Å². The second-order valence-corrected chi connectivity index (χ2v) is 9.66. The van der Waals surface area contributed by atoms with Gasteiger partial charge in [-0.25, -0.2) is 4.79 Å². The number of halogens is 1. The molecule has 6 nitrogen and oxygen atoms in total. The standard InChI is InChI=1S/C27H27BrN2O4/c1-27(2,14-18-4-3-5-23(28)12-18)30-16-24(31)17-34-25-13-21(10-11-22(25)15-29)19-6-8-20(9-7-19)26(32)33/h3-13,24,30-31H,14,16-17H2,1-2H3,(H,32,33)/t24-/m1/s1. The van der Waals surface area contributed by atoms with E-state index >= 15 is 0 Å². The average molecular weight is 523 g/mol. The van der Waals surface area contributed by atoms with Crippen molar-refractivity contribution in [1.29, 1.82) is 5.26 Å². The van der Waals surface area contributed by atoms with Crippen LogP contribution < -0.4 is 10.1 Å². The molecule has 7 heteroatoms. The molecule has 0 aromatic heterocycles. The quantitative estimate of drug-likeness (QED) is 0.344. The molecule has 34 heavy (non-hydrogen) atoms. The van der Waals surface area contributed by atoms with Crippen molar-refractivity contribution in [3.8, 4) is 22.9 Å². The molecule has 1 atom stereocenters. The van der Waals surface area contributed by atoms with Crippen molar-refractivity contribution in [1.82, 2.24) is 5.32 Å². The largest absolute Gasteiger partial charge is 0.489 e. The number of nitrogens with zero attached hydrogens (tertiary/aromatic N) is 1. The molecule has 0 spiro atoms. The zero-order chi connectivity index (χ0) is 24.7. The lowest BCUT2D eigenvalue weighted by atomic mass is 9.95. The fourth-order valence-corrected chi connectivity index (χ4v) is 4.02. The number of ether oxygens (including phenoxy) is 1. The first-order valence-electron chi connectivity index (χ1n) is 10.8. The molecule has 3 N–H and O–H groups in total. The first-order valence-corrected chi connectivity index (χ1v) is 11.6. The summed E-state index contributed by atoms with van der Waals surface area (Å²) in [5.41, 5.74) is 3.10. The smallest absolute Gasteiger partial charge is 0.335 e. The van der Waals surface area contributed by atoms with Crippen LogP contribution in [0.3, 0.4) is 0 Å². The fraction of sp³-hybridized carbons (Fsp3) is 0.259. The average Bonchev–Trinajstić information content (AvgIpc) is 2.81. The third-order valence-corrected chi connectivity index (χ3v) is 5.84. The summed E-state index contributed by atoms with van der Waals surface area (Å²) in [7, 11) is 0. The Kier molecular flexibility index (Phi) is 8.46. The lowest BCUT2D eigenvalue weighted by molar-refractivity contribution is 0.0697. The van der Waals surface area contributed by atoms with Crippen molar-refractivity contribution >= 4 is 21.9 Å². The molecule has 0 unspecified atom stereocenters. The Hall–Kier alpha value is -3.18. The molecule has 0 saturated carbocycles. The summed E-state index contributed by atoms with van der Waals surface area (Å²) in [5.74, 6) is -0.618. The van der Waals surface area contributed by atoms with Crippen molar-refractivity contribution < 1.29 is 19.7 Å². The summed E-state index contributed by atoms with van der Waals surface area (Å²) in [4.78, 5) is 11.1. The number of benzene rings is 3. The maximum atomic E-state index is 11.1. The van der Waals surface area contributed by atoms with Crippen LogP contribution in [-0.4, -0.2) is 41.0 Å². The van der Waals surface area contributed by atoms with E-state index in [4.69, 9.17) is 9.84 Å². The molecule has 0 aliphatic carbocycles. The summed E-state index contributed by atoms with van der Waals surface area (Å²) in [6, 6.07) is 21.9. The Morgan fingerprint density at radius 3 is 2.47 bits per heavy atom. The molecule has 3 aromatic rings. The minimum Gasteiger partial charge on any atom is -0.489 e. The lowest BCUT2D eigenvalue weighted by Crippen LogP contribution is -2.46. The molecule has 0 aliphatic rings. The first kappa shape index (κ1) is 25.4. The van der Waals surface area contributed by atoms with Crippen LogP contribution in [0.25, 0.3) is 11.1 Å². The van der Waals surface area contributed by atoms with Gasteiger partial charge in [0.1, 0.15) is 24.5 Å². The van der Waals surface area contributed by atoms with Gasteiger partial charge in [0.05, 0.1) is 11.1 Å². The molecule has 3 rings (SSSR count). The number of carbonyl (C=O) groups is 1. The van der Waals surface area contributed by atoms with E-state index in [0.29, 0.717) is 17.9 Å². The van der Waals surface area contributed by atoms with Crippen LogP contribution in [0.2, 0.25) is 0 Å². The Bertz CT molecular complexity index is 1190. The summed E-state index contributed by atoms with van der Waals surface area (Å²) in [6.45, 7) is 4.51. The van der Waals surface area contributed by atoms with Gasteiger partial charge in [0.25, 0.3) is 0 Å². The highest BCUT2D eigenvalue weighted by Crippen LogP contribution is 2.27. The SMILES string of the molecule is CC(C)(Cc1cccc(Br)c1)NC[C@@H](O)COc1cc(-c2ccc(C(=O)O)cc2)ccc1C#N. The first-order chi connectivity index (χ1) is 16.2. The molecule has 0 bridgehead atoms. The number of aromatic carboxylic acids is 1. The summed E-state index contributed by atoms with van der Waals surface area (Å²) < 4.78 is 6.83. The van der Waals surface area contributed by atoms with Crippen molar-refractivity contribution in [2.45, 2.75) is 31.9 Å². The van der Waals surface area contributed by atoms with Gasteiger partial charge in [0, 0.05) is 16.6 Å². The van der Waals surface area contributed by atoms with Gasteiger partial charge in [-0.15, -0.1) is 0 Å². The van der Waals surface area contributed by atoms with E-state index in [1.54, 1.807) is 30.3 Å². The van der Waals surface area contributed by atoms with Crippen LogP contribution in [0.15, 0.2) is 71.2 Å². The minimum atomic E-state index is -0.988. The maximum absolute atomic E-state index is 11.1. The Morgan fingerprint density at radius 1 is 1.12 bits per heavy atom. The molecule has 176 valence electrons. The van der Waals surface area contributed by atoms with Gasteiger partial charge in [-0.2, -0.15) is 5.26 Å². The monoisotopic (exact) mass is 522 g/mol. The number of hydrogen-bond donors (Lipinski definition) is 3. The topological polar surface area (TPSA) is 103 Å². The Morgan fingerprint density at radius 2 is 1.82 bits per heavy atom. The molecule has 0 amide bonds. The van der Waals surface area contributed by atoms with Crippen molar-refractivity contribution in [2.75, 3.05) is 13.2 Å². The lowest BCUT2D eigenvalue weighted by Gasteiger charge is -2.28. The number of rotatable bonds is 10. The zero-order valence-corrected chi connectivity index (χ0v) is 20.7. The predicted octanol–water partition coefficient (Wildman–Crippen LogP) is 5.04. The number of nitriles is 1. The summed E-state index contributed by atoms with van der Waals surface area (Å²) in [6.07, 6.45) is 0.0215. The molecular formula is C27H27BrN2O4. The highest BCUT2D eigenvalue weighted by molar-refractivity contribution is 9.10. The van der Waals surface area contributed by atoms with Gasteiger partial charge in [0.15, 0.2) is 0 Å². The number of carboxylic acid groups (broad SMARTS) is 1. The second kappa shape index (κ2) is 11.3. The van der Waals surface area contributed by atoms with Crippen LogP contribution in [0.1, 0.15) is 35.3 Å². The summed E-state index contributed by atoms with van der Waals surface area (Å²) in [5, 5.41) is 32.4. The van der Waals surface area contributed by atoms with E-state index in [9.17, 15) is 15.2 Å². The van der Waals surface area contributed by atoms with Crippen LogP contribution in [0.5, 0.6) is 5.75 Å². The number of aliphatic hydroxyl groups is 1. The van der Waals surface area contributed by atoms with Crippen LogP contribution in [-0.2, 0) is 6.42 Å². The van der Waals surface area contributed by atoms with Crippen molar-refractivity contribution in [2.24, 2.45) is 0 Å². The van der Waals surface area contributed by atoms with Gasteiger partial charge in [-0.1, -0.05) is 46.3 Å². The minimum absolute atomic E-state index is 0.0239. The predicted molar refractivity (Wildman–Crippen MR) is 135 cm³/mol. The van der Waals surface area contributed by atoms with Crippen molar-refractivity contribution in [3.63, 3.8) is 0 Å². The van der Waals surface area contributed by atoms with E-state index < -0.39 is 12.1 Å². The van der Waals surface area contributed by atoms with Crippen LogP contribution >= 0.6 is 15.9 Å². The number of carboxylic acids is 1. The third kappa shape index (κ3) is 7.16. The molecular weight excluding hydrogens is 496 g/mol. The highest BCUT2D eigenvalue weighted by Gasteiger charge is 2.20. The number of hydrogen-bond acceptors (Lipinski definition) is 5. The number of aliphatic hydroxyl groups excluding tert-OH is 1. The Labute approximate surface area is 208 Å².